The standard InChI is InChI=1S/C13H20FNO/c1-10(7-8-15)3-4-11-5-6-13(16-2)12(14)9-11/h5-6,9-10H,3-4,7-8,15H2,1-2H3. The van der Waals surface area contributed by atoms with Gasteiger partial charge in [-0.2, -0.15) is 0 Å². The lowest BCUT2D eigenvalue weighted by Gasteiger charge is -2.10. The van der Waals surface area contributed by atoms with Crippen LogP contribution in [0.15, 0.2) is 18.2 Å². The van der Waals surface area contributed by atoms with Gasteiger partial charge < -0.3 is 10.5 Å². The molecule has 2 N–H and O–H groups in total. The first-order valence-corrected chi connectivity index (χ1v) is 5.70. The summed E-state index contributed by atoms with van der Waals surface area (Å²) in [6.07, 6.45) is 2.96. The first-order valence-electron chi connectivity index (χ1n) is 5.70. The van der Waals surface area contributed by atoms with Gasteiger partial charge in [-0.3, -0.25) is 0 Å². The minimum Gasteiger partial charge on any atom is -0.494 e. The van der Waals surface area contributed by atoms with Gasteiger partial charge >= 0.3 is 0 Å². The highest BCUT2D eigenvalue weighted by Crippen LogP contribution is 2.19. The third-order valence-corrected chi connectivity index (χ3v) is 2.80. The van der Waals surface area contributed by atoms with Crippen molar-refractivity contribution in [2.75, 3.05) is 13.7 Å². The Morgan fingerprint density at radius 3 is 2.69 bits per heavy atom. The van der Waals surface area contributed by atoms with E-state index in [0.29, 0.717) is 11.7 Å². The van der Waals surface area contributed by atoms with Crippen molar-refractivity contribution < 1.29 is 9.13 Å². The summed E-state index contributed by atoms with van der Waals surface area (Å²) >= 11 is 0. The summed E-state index contributed by atoms with van der Waals surface area (Å²) in [7, 11) is 1.47. The Hall–Kier alpha value is -1.09. The monoisotopic (exact) mass is 225 g/mol. The van der Waals surface area contributed by atoms with Crippen LogP contribution in [-0.2, 0) is 6.42 Å². The third-order valence-electron chi connectivity index (χ3n) is 2.80. The molecule has 90 valence electrons. The lowest BCUT2D eigenvalue weighted by Crippen LogP contribution is -2.06. The Labute approximate surface area is 96.6 Å². The van der Waals surface area contributed by atoms with Crippen LogP contribution in [0.2, 0.25) is 0 Å². The van der Waals surface area contributed by atoms with Crippen molar-refractivity contribution in [3.63, 3.8) is 0 Å². The maximum Gasteiger partial charge on any atom is 0.165 e. The molecule has 1 rings (SSSR count). The molecule has 0 saturated carbocycles. The summed E-state index contributed by atoms with van der Waals surface area (Å²) in [5.41, 5.74) is 6.50. The zero-order valence-corrected chi connectivity index (χ0v) is 10.0. The first-order chi connectivity index (χ1) is 7.67. The summed E-state index contributed by atoms with van der Waals surface area (Å²) in [6, 6.07) is 5.14. The van der Waals surface area contributed by atoms with E-state index in [0.717, 1.165) is 31.4 Å². The van der Waals surface area contributed by atoms with Crippen LogP contribution in [0.25, 0.3) is 0 Å². The second-order valence-corrected chi connectivity index (χ2v) is 4.19. The average Bonchev–Trinajstić information content (AvgIpc) is 2.27. The highest BCUT2D eigenvalue weighted by Gasteiger charge is 2.05. The average molecular weight is 225 g/mol. The van der Waals surface area contributed by atoms with Gasteiger partial charge in [-0.1, -0.05) is 13.0 Å². The van der Waals surface area contributed by atoms with E-state index in [1.165, 1.54) is 7.11 Å². The minimum atomic E-state index is -0.286. The highest BCUT2D eigenvalue weighted by molar-refractivity contribution is 5.29. The zero-order valence-electron chi connectivity index (χ0n) is 10.0. The number of nitrogens with two attached hydrogens (primary N) is 1. The molecule has 3 heteroatoms. The topological polar surface area (TPSA) is 35.2 Å². The number of halogens is 1. The number of ether oxygens (including phenoxy) is 1. The fourth-order valence-electron chi connectivity index (χ4n) is 1.71. The second kappa shape index (κ2) is 6.48. The van der Waals surface area contributed by atoms with Crippen LogP contribution in [0, 0.1) is 11.7 Å². The molecule has 0 spiro atoms. The first kappa shape index (κ1) is 13.0. The molecule has 0 aromatic heterocycles. The SMILES string of the molecule is COc1ccc(CCC(C)CCN)cc1F. The molecule has 0 amide bonds. The van der Waals surface area contributed by atoms with Crippen molar-refractivity contribution in [3.05, 3.63) is 29.6 Å². The Balaban J connectivity index is 2.51. The van der Waals surface area contributed by atoms with Crippen molar-refractivity contribution in [1.82, 2.24) is 0 Å². The molecule has 0 aliphatic rings. The fraction of sp³-hybridized carbons (Fsp3) is 0.538. The van der Waals surface area contributed by atoms with Gasteiger partial charge in [-0.15, -0.1) is 0 Å². The Bertz CT molecular complexity index is 328. The Morgan fingerprint density at radius 1 is 1.38 bits per heavy atom. The molecule has 1 aromatic carbocycles. The molecule has 1 unspecified atom stereocenters. The van der Waals surface area contributed by atoms with Crippen LogP contribution in [0.4, 0.5) is 4.39 Å². The molecule has 0 saturated heterocycles. The molecule has 0 bridgehead atoms. The summed E-state index contributed by atoms with van der Waals surface area (Å²) in [5.74, 6) is 0.611. The predicted octanol–water partition coefficient (Wildman–Crippen LogP) is 2.75. The quantitative estimate of drug-likeness (QED) is 0.808. The zero-order chi connectivity index (χ0) is 12.0. The van der Waals surface area contributed by atoms with Gasteiger partial charge in [0.25, 0.3) is 0 Å². The van der Waals surface area contributed by atoms with E-state index in [2.05, 4.69) is 6.92 Å². The smallest absolute Gasteiger partial charge is 0.165 e. The van der Waals surface area contributed by atoms with Crippen molar-refractivity contribution in [2.24, 2.45) is 11.7 Å². The van der Waals surface area contributed by atoms with E-state index in [1.807, 2.05) is 6.07 Å². The molecule has 0 heterocycles. The van der Waals surface area contributed by atoms with E-state index >= 15 is 0 Å². The fourth-order valence-corrected chi connectivity index (χ4v) is 1.71. The van der Waals surface area contributed by atoms with Crippen molar-refractivity contribution in [1.29, 1.82) is 0 Å². The Morgan fingerprint density at radius 2 is 2.12 bits per heavy atom. The van der Waals surface area contributed by atoms with E-state index in [-0.39, 0.29) is 5.82 Å². The van der Waals surface area contributed by atoms with Crippen molar-refractivity contribution >= 4 is 0 Å². The molecule has 1 aromatic rings. The summed E-state index contributed by atoms with van der Waals surface area (Å²) in [4.78, 5) is 0. The molecule has 0 fully saturated rings. The number of methoxy groups -OCH3 is 1. The van der Waals surface area contributed by atoms with Crippen LogP contribution in [-0.4, -0.2) is 13.7 Å². The van der Waals surface area contributed by atoms with Gasteiger partial charge in [-0.25, -0.2) is 4.39 Å². The minimum absolute atomic E-state index is 0.286. The molecule has 16 heavy (non-hydrogen) atoms. The molecule has 0 radical (unpaired) electrons. The van der Waals surface area contributed by atoms with Gasteiger partial charge in [0, 0.05) is 0 Å². The van der Waals surface area contributed by atoms with Crippen LogP contribution < -0.4 is 10.5 Å². The molecule has 2 nitrogen and oxygen atoms in total. The van der Waals surface area contributed by atoms with Gasteiger partial charge in [0.2, 0.25) is 0 Å². The van der Waals surface area contributed by atoms with Crippen LogP contribution >= 0.6 is 0 Å². The lowest BCUT2D eigenvalue weighted by atomic mass is 9.98. The highest BCUT2D eigenvalue weighted by atomic mass is 19.1. The van der Waals surface area contributed by atoms with Gasteiger partial charge in [0.05, 0.1) is 7.11 Å². The molecule has 0 aliphatic carbocycles. The molecular formula is C13H20FNO. The summed E-state index contributed by atoms with van der Waals surface area (Å²) in [5, 5.41) is 0. The number of aryl methyl sites for hydroxylation is 1. The lowest BCUT2D eigenvalue weighted by molar-refractivity contribution is 0.386. The van der Waals surface area contributed by atoms with E-state index in [9.17, 15) is 4.39 Å². The molecule has 1 atom stereocenters. The van der Waals surface area contributed by atoms with Gasteiger partial charge in [0.1, 0.15) is 0 Å². The number of hydrogen-bond acceptors (Lipinski definition) is 2. The maximum atomic E-state index is 13.4. The summed E-state index contributed by atoms with van der Waals surface area (Å²) < 4.78 is 18.3. The van der Waals surface area contributed by atoms with Crippen LogP contribution in [0.5, 0.6) is 5.75 Å². The van der Waals surface area contributed by atoms with Crippen molar-refractivity contribution in [3.8, 4) is 5.75 Å². The second-order valence-electron chi connectivity index (χ2n) is 4.19. The Kier molecular flexibility index (Phi) is 5.26. The maximum absolute atomic E-state index is 13.4. The normalized spacial score (nSPS) is 12.5. The van der Waals surface area contributed by atoms with Gasteiger partial charge in [-0.05, 0) is 49.4 Å². The predicted molar refractivity (Wildman–Crippen MR) is 64.1 cm³/mol. The van der Waals surface area contributed by atoms with Crippen molar-refractivity contribution in [2.45, 2.75) is 26.2 Å². The van der Waals surface area contributed by atoms with E-state index in [4.69, 9.17) is 10.5 Å². The van der Waals surface area contributed by atoms with Gasteiger partial charge in [0.15, 0.2) is 11.6 Å². The van der Waals surface area contributed by atoms with E-state index in [1.54, 1.807) is 12.1 Å². The third kappa shape index (κ3) is 3.81. The number of rotatable bonds is 6. The van der Waals surface area contributed by atoms with Crippen LogP contribution in [0.1, 0.15) is 25.3 Å². The molecular weight excluding hydrogens is 205 g/mol. The number of hydrogen-bond donors (Lipinski definition) is 1. The van der Waals surface area contributed by atoms with E-state index < -0.39 is 0 Å². The molecule has 0 aliphatic heterocycles. The van der Waals surface area contributed by atoms with Crippen LogP contribution in [0.3, 0.4) is 0 Å². The largest absolute Gasteiger partial charge is 0.494 e. The summed E-state index contributed by atoms with van der Waals surface area (Å²) in [6.45, 7) is 2.89. The number of benzene rings is 1.